The maximum Gasteiger partial charge on any atom is 0.257 e. The Morgan fingerprint density at radius 3 is 2.38 bits per heavy atom. The van der Waals surface area contributed by atoms with E-state index < -0.39 is 0 Å². The topological polar surface area (TPSA) is 89.6 Å². The van der Waals surface area contributed by atoms with E-state index in [1.54, 1.807) is 18.2 Å². The molecule has 2 N–H and O–H groups in total. The highest BCUT2D eigenvalue weighted by Gasteiger charge is 2.15. The first-order chi connectivity index (χ1) is 14.2. The van der Waals surface area contributed by atoms with E-state index >= 15 is 0 Å². The lowest BCUT2D eigenvalue weighted by Gasteiger charge is -2.19. The lowest BCUT2D eigenvalue weighted by atomic mass is 10.1. The lowest BCUT2D eigenvalue weighted by molar-refractivity contribution is 0.0950. The second kappa shape index (κ2) is 8.43. The van der Waals surface area contributed by atoms with Crippen LogP contribution < -0.4 is 20.1 Å². The number of ether oxygens (including phenoxy) is 2. The van der Waals surface area contributed by atoms with Crippen molar-refractivity contribution in [3.05, 3.63) is 83.7 Å². The van der Waals surface area contributed by atoms with E-state index in [9.17, 15) is 9.59 Å². The van der Waals surface area contributed by atoms with Gasteiger partial charge < -0.3 is 20.1 Å². The highest BCUT2D eigenvalue weighted by molar-refractivity contribution is 6.06. The first kappa shape index (κ1) is 18.5. The van der Waals surface area contributed by atoms with Crippen molar-refractivity contribution in [3.63, 3.8) is 0 Å². The lowest BCUT2D eigenvalue weighted by Crippen LogP contribution is -2.23. The van der Waals surface area contributed by atoms with Gasteiger partial charge in [-0.05, 0) is 23.8 Å². The molecule has 0 saturated carbocycles. The van der Waals surface area contributed by atoms with Gasteiger partial charge in [0.25, 0.3) is 11.8 Å². The highest BCUT2D eigenvalue weighted by atomic mass is 16.6. The van der Waals surface area contributed by atoms with Gasteiger partial charge in [0, 0.05) is 30.7 Å². The molecule has 1 aromatic heterocycles. The molecule has 29 heavy (non-hydrogen) atoms. The molecule has 0 aliphatic carbocycles. The van der Waals surface area contributed by atoms with Crippen molar-refractivity contribution in [1.29, 1.82) is 0 Å². The van der Waals surface area contributed by atoms with E-state index in [2.05, 4.69) is 15.6 Å². The summed E-state index contributed by atoms with van der Waals surface area (Å²) >= 11 is 0. The Bertz CT molecular complexity index is 1040. The van der Waals surface area contributed by atoms with Crippen molar-refractivity contribution in [2.75, 3.05) is 18.5 Å². The standard InChI is InChI=1S/C22H19N3O4/c26-21(24-12-15-4-2-1-3-5-15)16-10-17(14-23-13-16)22(27)25-18-6-7-19-20(11-18)29-9-8-28-19/h1-7,10-11,13-14H,8-9,12H2,(H,24,26)(H,25,27). The summed E-state index contributed by atoms with van der Waals surface area (Å²) in [5.74, 6) is 0.566. The van der Waals surface area contributed by atoms with Crippen LogP contribution in [0.5, 0.6) is 11.5 Å². The molecule has 7 nitrogen and oxygen atoms in total. The van der Waals surface area contributed by atoms with Crippen molar-refractivity contribution >= 4 is 17.5 Å². The minimum atomic E-state index is -0.369. The summed E-state index contributed by atoms with van der Waals surface area (Å²) in [4.78, 5) is 29.0. The molecule has 0 spiro atoms. The van der Waals surface area contributed by atoms with Crippen LogP contribution in [0.15, 0.2) is 67.0 Å². The predicted molar refractivity (Wildman–Crippen MR) is 107 cm³/mol. The quantitative estimate of drug-likeness (QED) is 0.700. The van der Waals surface area contributed by atoms with Crippen LogP contribution in [0.25, 0.3) is 0 Å². The SMILES string of the molecule is O=C(NCc1ccccc1)c1cncc(C(=O)Nc2ccc3c(c2)OCCO3)c1. The molecule has 0 radical (unpaired) electrons. The Labute approximate surface area is 167 Å². The van der Waals surface area contributed by atoms with E-state index in [0.717, 1.165) is 5.56 Å². The number of carbonyl (C=O) groups excluding carboxylic acids is 2. The van der Waals surface area contributed by atoms with E-state index in [1.807, 2.05) is 30.3 Å². The number of benzene rings is 2. The van der Waals surface area contributed by atoms with Crippen LogP contribution in [0.2, 0.25) is 0 Å². The fraction of sp³-hybridized carbons (Fsp3) is 0.136. The number of fused-ring (bicyclic) bond motifs is 1. The van der Waals surface area contributed by atoms with Gasteiger partial charge in [-0.15, -0.1) is 0 Å². The zero-order valence-corrected chi connectivity index (χ0v) is 15.6. The molecular formula is C22H19N3O4. The fourth-order valence-corrected chi connectivity index (χ4v) is 2.89. The summed E-state index contributed by atoms with van der Waals surface area (Å²) < 4.78 is 11.0. The van der Waals surface area contributed by atoms with Gasteiger partial charge in [-0.25, -0.2) is 0 Å². The molecule has 4 rings (SSSR count). The third-order valence-electron chi connectivity index (χ3n) is 4.36. The monoisotopic (exact) mass is 389 g/mol. The number of nitrogens with one attached hydrogen (secondary N) is 2. The minimum absolute atomic E-state index is 0.284. The van der Waals surface area contributed by atoms with Gasteiger partial charge in [-0.2, -0.15) is 0 Å². The summed E-state index contributed by atoms with van der Waals surface area (Å²) in [6.07, 6.45) is 2.85. The Kier molecular flexibility index (Phi) is 5.38. The molecule has 0 bridgehead atoms. The molecule has 0 atom stereocenters. The molecular weight excluding hydrogens is 370 g/mol. The number of amides is 2. The predicted octanol–water partition coefficient (Wildman–Crippen LogP) is 3.04. The molecule has 0 unspecified atom stereocenters. The number of hydrogen-bond donors (Lipinski definition) is 2. The second-order valence-electron chi connectivity index (χ2n) is 6.44. The van der Waals surface area contributed by atoms with Crippen LogP contribution >= 0.6 is 0 Å². The molecule has 2 heterocycles. The Morgan fingerprint density at radius 2 is 1.59 bits per heavy atom. The maximum absolute atomic E-state index is 12.6. The number of hydrogen-bond acceptors (Lipinski definition) is 5. The van der Waals surface area contributed by atoms with Crippen LogP contribution in [-0.4, -0.2) is 30.0 Å². The molecule has 146 valence electrons. The van der Waals surface area contributed by atoms with Gasteiger partial charge in [-0.1, -0.05) is 30.3 Å². The second-order valence-corrected chi connectivity index (χ2v) is 6.44. The number of carbonyl (C=O) groups is 2. The van der Waals surface area contributed by atoms with Gasteiger partial charge in [0.1, 0.15) is 13.2 Å². The molecule has 1 aliphatic heterocycles. The Balaban J connectivity index is 1.42. The summed E-state index contributed by atoms with van der Waals surface area (Å²) in [6.45, 7) is 1.37. The van der Waals surface area contributed by atoms with Gasteiger partial charge in [0.15, 0.2) is 11.5 Å². The average Bonchev–Trinajstić information content (AvgIpc) is 2.78. The maximum atomic E-state index is 12.6. The smallest absolute Gasteiger partial charge is 0.257 e. The van der Waals surface area contributed by atoms with E-state index in [4.69, 9.17) is 9.47 Å². The zero-order chi connectivity index (χ0) is 20.1. The summed E-state index contributed by atoms with van der Waals surface area (Å²) in [6, 6.07) is 16.3. The number of anilines is 1. The van der Waals surface area contributed by atoms with Crippen molar-refractivity contribution in [1.82, 2.24) is 10.3 Å². The number of pyridine rings is 1. The van der Waals surface area contributed by atoms with Gasteiger partial charge >= 0.3 is 0 Å². The van der Waals surface area contributed by atoms with Crippen molar-refractivity contribution in [2.24, 2.45) is 0 Å². The third-order valence-corrected chi connectivity index (χ3v) is 4.36. The largest absolute Gasteiger partial charge is 0.486 e. The summed E-state index contributed by atoms with van der Waals surface area (Å²) in [5.41, 5.74) is 2.16. The molecule has 1 aliphatic rings. The van der Waals surface area contributed by atoms with Gasteiger partial charge in [0.2, 0.25) is 0 Å². The molecule has 3 aromatic rings. The summed E-state index contributed by atoms with van der Waals surface area (Å²) in [7, 11) is 0. The first-order valence-electron chi connectivity index (χ1n) is 9.17. The molecule has 0 saturated heterocycles. The number of nitrogens with zero attached hydrogens (tertiary/aromatic N) is 1. The van der Waals surface area contributed by atoms with Crippen LogP contribution in [0.3, 0.4) is 0 Å². The zero-order valence-electron chi connectivity index (χ0n) is 15.6. The fourth-order valence-electron chi connectivity index (χ4n) is 2.89. The molecule has 2 aromatic carbocycles. The van der Waals surface area contributed by atoms with Crippen LogP contribution in [-0.2, 0) is 6.54 Å². The molecule has 0 fully saturated rings. The minimum Gasteiger partial charge on any atom is -0.486 e. The normalized spacial score (nSPS) is 12.1. The van der Waals surface area contributed by atoms with E-state index in [0.29, 0.717) is 42.5 Å². The molecule has 2 amide bonds. The van der Waals surface area contributed by atoms with Gasteiger partial charge in [0.05, 0.1) is 11.1 Å². The number of aromatic nitrogens is 1. The van der Waals surface area contributed by atoms with Crippen LogP contribution in [0, 0.1) is 0 Å². The third kappa shape index (κ3) is 4.52. The van der Waals surface area contributed by atoms with Crippen molar-refractivity contribution in [3.8, 4) is 11.5 Å². The Hall–Kier alpha value is -3.87. The van der Waals surface area contributed by atoms with Crippen LogP contribution in [0.4, 0.5) is 5.69 Å². The average molecular weight is 389 g/mol. The Morgan fingerprint density at radius 1 is 0.862 bits per heavy atom. The van der Waals surface area contributed by atoms with Crippen molar-refractivity contribution < 1.29 is 19.1 Å². The first-order valence-corrected chi connectivity index (χ1v) is 9.17. The number of rotatable bonds is 5. The van der Waals surface area contributed by atoms with E-state index in [1.165, 1.54) is 18.5 Å². The molecule has 7 heteroatoms. The van der Waals surface area contributed by atoms with E-state index in [-0.39, 0.29) is 17.4 Å². The van der Waals surface area contributed by atoms with Crippen molar-refractivity contribution in [2.45, 2.75) is 6.54 Å². The van der Waals surface area contributed by atoms with Crippen LogP contribution in [0.1, 0.15) is 26.3 Å². The summed E-state index contributed by atoms with van der Waals surface area (Å²) in [5, 5.41) is 5.61. The highest BCUT2D eigenvalue weighted by Crippen LogP contribution is 2.32. The van der Waals surface area contributed by atoms with Gasteiger partial charge in [-0.3, -0.25) is 14.6 Å².